The van der Waals surface area contributed by atoms with Crippen LogP contribution in [-0.2, 0) is 0 Å². The van der Waals surface area contributed by atoms with Crippen LogP contribution in [0.3, 0.4) is 0 Å². The van der Waals surface area contributed by atoms with Crippen molar-refractivity contribution in [2.24, 2.45) is 5.11 Å². The lowest BCUT2D eigenvalue weighted by Crippen LogP contribution is -2.21. The zero-order valence-electron chi connectivity index (χ0n) is 6.57. The summed E-state index contributed by atoms with van der Waals surface area (Å²) in [6.07, 6.45) is 9.58. The fourth-order valence-electron chi connectivity index (χ4n) is 1.15. The lowest BCUT2D eigenvalue weighted by atomic mass is 9.90. The zero-order valence-corrected chi connectivity index (χ0v) is 6.57. The molecule has 0 heterocycles. The van der Waals surface area contributed by atoms with E-state index >= 15 is 0 Å². The van der Waals surface area contributed by atoms with E-state index < -0.39 is 0 Å². The van der Waals surface area contributed by atoms with Crippen LogP contribution in [0.1, 0.15) is 19.8 Å². The van der Waals surface area contributed by atoms with Crippen molar-refractivity contribution in [2.45, 2.75) is 25.3 Å². The first-order chi connectivity index (χ1) is 5.33. The molecule has 0 radical (unpaired) electrons. The van der Waals surface area contributed by atoms with Gasteiger partial charge in [-0.2, -0.15) is 0 Å². The molecule has 0 aromatic heterocycles. The minimum absolute atomic E-state index is 0.288. The Kier molecular flexibility index (Phi) is 2.34. The number of hydrogen-bond acceptors (Lipinski definition) is 1. The Hall–Kier alpha value is -1.21. The molecule has 0 aromatic rings. The van der Waals surface area contributed by atoms with E-state index in [1.54, 1.807) is 0 Å². The van der Waals surface area contributed by atoms with Gasteiger partial charge in [0.2, 0.25) is 0 Å². The van der Waals surface area contributed by atoms with Crippen LogP contribution in [0.5, 0.6) is 0 Å². The summed E-state index contributed by atoms with van der Waals surface area (Å²) in [5.74, 6) is 0. The second-order valence-corrected chi connectivity index (χ2v) is 2.64. The Morgan fingerprint density at radius 2 is 2.45 bits per heavy atom. The summed E-state index contributed by atoms with van der Waals surface area (Å²) in [6.45, 7) is 2.03. The van der Waals surface area contributed by atoms with Crippen molar-refractivity contribution in [3.63, 3.8) is 0 Å². The molecule has 0 bridgehead atoms. The summed E-state index contributed by atoms with van der Waals surface area (Å²) in [5.41, 5.74) is 8.03. The fourth-order valence-corrected chi connectivity index (χ4v) is 1.15. The molecule has 3 nitrogen and oxygen atoms in total. The summed E-state index contributed by atoms with van der Waals surface area (Å²) in [7, 11) is 0. The Balaban J connectivity index is 2.84. The van der Waals surface area contributed by atoms with Crippen LogP contribution in [0, 0.1) is 0 Å². The molecule has 0 N–H and O–H groups in total. The average Bonchev–Trinajstić information content (AvgIpc) is 2.07. The SMILES string of the molecule is CC[C@]1(N=[N+]=[N-])C=CC=CC1. The third-order valence-corrected chi connectivity index (χ3v) is 1.98. The second-order valence-electron chi connectivity index (χ2n) is 2.64. The van der Waals surface area contributed by atoms with Gasteiger partial charge in [-0.15, -0.1) is 0 Å². The van der Waals surface area contributed by atoms with Crippen molar-refractivity contribution < 1.29 is 0 Å². The molecule has 0 saturated heterocycles. The topological polar surface area (TPSA) is 48.8 Å². The maximum absolute atomic E-state index is 8.32. The summed E-state index contributed by atoms with van der Waals surface area (Å²) < 4.78 is 0. The molecular weight excluding hydrogens is 138 g/mol. The van der Waals surface area contributed by atoms with E-state index in [-0.39, 0.29) is 5.54 Å². The van der Waals surface area contributed by atoms with Gasteiger partial charge >= 0.3 is 0 Å². The highest BCUT2D eigenvalue weighted by Crippen LogP contribution is 2.25. The Labute approximate surface area is 66.0 Å². The van der Waals surface area contributed by atoms with Crippen molar-refractivity contribution in [1.29, 1.82) is 0 Å². The molecule has 1 aliphatic carbocycles. The highest BCUT2D eigenvalue weighted by Gasteiger charge is 2.22. The number of azide groups is 1. The third-order valence-electron chi connectivity index (χ3n) is 1.98. The van der Waals surface area contributed by atoms with Gasteiger partial charge in [0.15, 0.2) is 0 Å². The molecule has 11 heavy (non-hydrogen) atoms. The molecule has 0 aliphatic heterocycles. The van der Waals surface area contributed by atoms with E-state index in [0.29, 0.717) is 0 Å². The normalized spacial score (nSPS) is 28.1. The third kappa shape index (κ3) is 1.63. The molecule has 0 aromatic carbocycles. The predicted octanol–water partition coefficient (Wildman–Crippen LogP) is 2.96. The first kappa shape index (κ1) is 7.89. The van der Waals surface area contributed by atoms with Crippen LogP contribution in [-0.4, -0.2) is 5.54 Å². The van der Waals surface area contributed by atoms with Gasteiger partial charge in [0.1, 0.15) is 0 Å². The molecule has 1 aliphatic rings. The van der Waals surface area contributed by atoms with Crippen LogP contribution in [0.25, 0.3) is 10.4 Å². The van der Waals surface area contributed by atoms with Gasteiger partial charge in [-0.1, -0.05) is 36.3 Å². The molecule has 1 rings (SSSR count). The number of hydrogen-bond donors (Lipinski definition) is 0. The lowest BCUT2D eigenvalue weighted by Gasteiger charge is -2.23. The van der Waals surface area contributed by atoms with E-state index in [4.69, 9.17) is 5.53 Å². The van der Waals surface area contributed by atoms with Gasteiger partial charge < -0.3 is 0 Å². The van der Waals surface area contributed by atoms with E-state index in [1.165, 1.54) is 0 Å². The Morgan fingerprint density at radius 1 is 1.64 bits per heavy atom. The van der Waals surface area contributed by atoms with E-state index in [1.807, 2.05) is 31.2 Å². The van der Waals surface area contributed by atoms with Gasteiger partial charge in [0.05, 0.1) is 5.54 Å². The summed E-state index contributed by atoms with van der Waals surface area (Å²) in [4.78, 5) is 2.84. The minimum atomic E-state index is -0.288. The van der Waals surface area contributed by atoms with Crippen LogP contribution >= 0.6 is 0 Å². The quantitative estimate of drug-likeness (QED) is 0.329. The van der Waals surface area contributed by atoms with Crippen molar-refractivity contribution >= 4 is 0 Å². The minimum Gasteiger partial charge on any atom is -0.0836 e. The molecule has 0 fully saturated rings. The van der Waals surface area contributed by atoms with Gasteiger partial charge in [-0.05, 0) is 18.4 Å². The number of nitrogens with zero attached hydrogens (tertiary/aromatic N) is 3. The summed E-state index contributed by atoms with van der Waals surface area (Å²) in [6, 6.07) is 0. The van der Waals surface area contributed by atoms with Gasteiger partial charge in [0.25, 0.3) is 0 Å². The van der Waals surface area contributed by atoms with Crippen molar-refractivity contribution in [1.82, 2.24) is 0 Å². The van der Waals surface area contributed by atoms with Gasteiger partial charge in [-0.3, -0.25) is 0 Å². The van der Waals surface area contributed by atoms with Crippen molar-refractivity contribution in [2.75, 3.05) is 0 Å². The van der Waals surface area contributed by atoms with Crippen LogP contribution in [0.15, 0.2) is 29.4 Å². The fraction of sp³-hybridized carbons (Fsp3) is 0.500. The van der Waals surface area contributed by atoms with Crippen molar-refractivity contribution in [3.05, 3.63) is 34.7 Å². The molecule has 0 saturated carbocycles. The lowest BCUT2D eigenvalue weighted by molar-refractivity contribution is 0.510. The van der Waals surface area contributed by atoms with Gasteiger partial charge in [0, 0.05) is 4.91 Å². The Morgan fingerprint density at radius 3 is 2.91 bits per heavy atom. The van der Waals surface area contributed by atoms with Crippen LogP contribution in [0.4, 0.5) is 0 Å². The zero-order chi connectivity index (χ0) is 8.16. The standard InChI is InChI=1S/C8H11N3/c1-2-8(10-11-9)6-4-3-5-7-8/h3-6H,2,7H2,1H3/t8-/m0/s1. The van der Waals surface area contributed by atoms with Crippen LogP contribution in [0.2, 0.25) is 0 Å². The summed E-state index contributed by atoms with van der Waals surface area (Å²) >= 11 is 0. The monoisotopic (exact) mass is 149 g/mol. The molecule has 1 atom stereocenters. The molecule has 3 heteroatoms. The van der Waals surface area contributed by atoms with E-state index in [9.17, 15) is 0 Å². The first-order valence-electron chi connectivity index (χ1n) is 3.73. The molecular formula is C8H11N3. The summed E-state index contributed by atoms with van der Waals surface area (Å²) in [5, 5.41) is 3.78. The largest absolute Gasteiger partial charge is 0.0836 e. The molecule has 0 unspecified atom stereocenters. The smallest absolute Gasteiger partial charge is 0.0703 e. The predicted molar refractivity (Wildman–Crippen MR) is 45.1 cm³/mol. The van der Waals surface area contributed by atoms with E-state index in [0.717, 1.165) is 12.8 Å². The van der Waals surface area contributed by atoms with Gasteiger partial charge in [-0.25, -0.2) is 0 Å². The second kappa shape index (κ2) is 3.26. The number of rotatable bonds is 2. The maximum atomic E-state index is 8.32. The maximum Gasteiger partial charge on any atom is 0.0703 e. The highest BCUT2D eigenvalue weighted by molar-refractivity contribution is 5.20. The van der Waals surface area contributed by atoms with E-state index in [2.05, 4.69) is 10.0 Å². The molecule has 58 valence electrons. The first-order valence-corrected chi connectivity index (χ1v) is 3.73. The highest BCUT2D eigenvalue weighted by atomic mass is 15.2. The molecule has 0 spiro atoms. The average molecular weight is 149 g/mol. The molecule has 0 amide bonds. The van der Waals surface area contributed by atoms with Crippen molar-refractivity contribution in [3.8, 4) is 0 Å². The van der Waals surface area contributed by atoms with Crippen LogP contribution < -0.4 is 0 Å². The Bertz CT molecular complexity index is 236. The number of allylic oxidation sites excluding steroid dienone is 2.